The smallest absolute Gasteiger partial charge is 0.120 e. The highest BCUT2D eigenvalue weighted by molar-refractivity contribution is 5.65. The Labute approximate surface area is 176 Å². The number of nitrogens with zero attached hydrogens (tertiary/aromatic N) is 1. The molecule has 0 saturated heterocycles. The topological polar surface area (TPSA) is 50.0 Å². The molecule has 4 heteroatoms. The van der Waals surface area contributed by atoms with Gasteiger partial charge in [-0.05, 0) is 40.5 Å². The van der Waals surface area contributed by atoms with Gasteiger partial charge in [0.15, 0.2) is 0 Å². The lowest BCUT2D eigenvalue weighted by Crippen LogP contribution is -2.11. The van der Waals surface area contributed by atoms with Gasteiger partial charge in [0.2, 0.25) is 0 Å². The first-order valence-electron chi connectivity index (χ1n) is 10.00. The van der Waals surface area contributed by atoms with Crippen molar-refractivity contribution in [2.45, 2.75) is 13.2 Å². The van der Waals surface area contributed by atoms with Crippen LogP contribution in [0.4, 0.5) is 5.69 Å². The highest BCUT2D eigenvalue weighted by atomic mass is 16.5. The zero-order chi connectivity index (χ0) is 20.8. The summed E-state index contributed by atoms with van der Waals surface area (Å²) in [5.74, 6) is 0.867. The van der Waals surface area contributed by atoms with E-state index in [1.807, 2.05) is 49.8 Å². The van der Waals surface area contributed by atoms with Crippen LogP contribution in [-0.2, 0) is 13.2 Å². The fraction of sp³-hybridized carbons (Fsp3) is 0.115. The highest BCUT2D eigenvalue weighted by Gasteiger charge is 2.03. The molecule has 0 atom stereocenters. The molecule has 0 amide bonds. The number of rotatable bonds is 7. The standard InChI is InChI=1S/C26H25N3O/c1-28-26-18-29(15-14-25(26)27)17-20-10-12-22(13-11-20)23-8-5-9-24(16-23)30-19-21-6-3-2-4-7-21/h2-16,18,27-28H,17,19H2,1H3. The summed E-state index contributed by atoms with van der Waals surface area (Å²) < 4.78 is 8.04. The Morgan fingerprint density at radius 1 is 0.833 bits per heavy atom. The number of anilines is 1. The molecule has 0 saturated carbocycles. The monoisotopic (exact) mass is 395 g/mol. The van der Waals surface area contributed by atoms with Gasteiger partial charge in [0.05, 0.1) is 11.0 Å². The van der Waals surface area contributed by atoms with Crippen molar-refractivity contribution in [3.05, 3.63) is 114 Å². The predicted molar refractivity (Wildman–Crippen MR) is 122 cm³/mol. The van der Waals surface area contributed by atoms with Gasteiger partial charge in [0.25, 0.3) is 0 Å². The van der Waals surface area contributed by atoms with E-state index < -0.39 is 0 Å². The summed E-state index contributed by atoms with van der Waals surface area (Å²) in [6.45, 7) is 1.32. The van der Waals surface area contributed by atoms with Crippen molar-refractivity contribution in [1.82, 2.24) is 4.57 Å². The van der Waals surface area contributed by atoms with E-state index in [-0.39, 0.29) is 0 Å². The molecule has 1 heterocycles. The molecule has 4 aromatic rings. The molecule has 3 aromatic carbocycles. The minimum absolute atomic E-state index is 0.499. The SMILES string of the molecule is CNc1cn(Cc2ccc(-c3cccc(OCc4ccccc4)c3)cc2)ccc1=N. The van der Waals surface area contributed by atoms with E-state index in [1.165, 1.54) is 5.56 Å². The molecule has 0 aliphatic heterocycles. The number of pyridine rings is 1. The molecule has 4 nitrogen and oxygen atoms in total. The van der Waals surface area contributed by atoms with Crippen LogP contribution < -0.4 is 15.4 Å². The molecule has 0 bridgehead atoms. The lowest BCUT2D eigenvalue weighted by Gasteiger charge is -2.11. The van der Waals surface area contributed by atoms with Gasteiger partial charge in [-0.3, -0.25) is 5.41 Å². The molecule has 0 aliphatic rings. The van der Waals surface area contributed by atoms with E-state index in [2.05, 4.69) is 58.4 Å². The van der Waals surface area contributed by atoms with Gasteiger partial charge in [-0.1, -0.05) is 66.7 Å². The summed E-state index contributed by atoms with van der Waals surface area (Å²) in [4.78, 5) is 0. The Morgan fingerprint density at radius 2 is 1.63 bits per heavy atom. The molecular weight excluding hydrogens is 370 g/mol. The van der Waals surface area contributed by atoms with Crippen LogP contribution in [-0.4, -0.2) is 11.6 Å². The van der Waals surface area contributed by atoms with E-state index in [0.29, 0.717) is 12.0 Å². The van der Waals surface area contributed by atoms with Crippen molar-refractivity contribution in [1.29, 1.82) is 5.41 Å². The van der Waals surface area contributed by atoms with Crippen LogP contribution in [0.2, 0.25) is 0 Å². The second-order valence-corrected chi connectivity index (χ2v) is 7.19. The van der Waals surface area contributed by atoms with Gasteiger partial charge in [0.1, 0.15) is 12.4 Å². The summed E-state index contributed by atoms with van der Waals surface area (Å²) in [5.41, 5.74) is 5.48. The average molecular weight is 396 g/mol. The molecule has 0 radical (unpaired) electrons. The van der Waals surface area contributed by atoms with E-state index in [0.717, 1.165) is 34.7 Å². The third-order valence-corrected chi connectivity index (χ3v) is 5.02. The first-order valence-corrected chi connectivity index (χ1v) is 10.00. The second-order valence-electron chi connectivity index (χ2n) is 7.19. The van der Waals surface area contributed by atoms with Crippen molar-refractivity contribution >= 4 is 5.69 Å². The summed E-state index contributed by atoms with van der Waals surface area (Å²) in [7, 11) is 1.84. The average Bonchev–Trinajstić information content (AvgIpc) is 2.80. The molecule has 0 fully saturated rings. The van der Waals surface area contributed by atoms with Crippen LogP contribution in [0.1, 0.15) is 11.1 Å². The van der Waals surface area contributed by atoms with E-state index in [9.17, 15) is 0 Å². The van der Waals surface area contributed by atoms with Crippen molar-refractivity contribution in [2.75, 3.05) is 12.4 Å². The first kappa shape index (κ1) is 19.5. The van der Waals surface area contributed by atoms with Crippen molar-refractivity contribution in [3.8, 4) is 16.9 Å². The van der Waals surface area contributed by atoms with Gasteiger partial charge < -0.3 is 14.6 Å². The fourth-order valence-corrected chi connectivity index (χ4v) is 3.36. The summed E-state index contributed by atoms with van der Waals surface area (Å²) in [5, 5.41) is 11.4. The third-order valence-electron chi connectivity index (χ3n) is 5.02. The normalized spacial score (nSPS) is 10.6. The highest BCUT2D eigenvalue weighted by Crippen LogP contribution is 2.25. The second kappa shape index (κ2) is 9.14. The molecule has 1 aromatic heterocycles. The molecule has 2 N–H and O–H groups in total. The van der Waals surface area contributed by atoms with Crippen LogP contribution in [0.15, 0.2) is 97.3 Å². The lowest BCUT2D eigenvalue weighted by atomic mass is 10.0. The van der Waals surface area contributed by atoms with Gasteiger partial charge >= 0.3 is 0 Å². The Hall–Kier alpha value is -3.79. The Kier molecular flexibility index (Phi) is 5.95. The number of hydrogen-bond acceptors (Lipinski definition) is 3. The molecule has 150 valence electrons. The van der Waals surface area contributed by atoms with Gasteiger partial charge in [0, 0.05) is 26.0 Å². The van der Waals surface area contributed by atoms with Crippen molar-refractivity contribution in [2.24, 2.45) is 0 Å². The Balaban J connectivity index is 1.45. The van der Waals surface area contributed by atoms with Crippen LogP contribution in [0.25, 0.3) is 11.1 Å². The number of ether oxygens (including phenoxy) is 1. The maximum Gasteiger partial charge on any atom is 0.120 e. The minimum atomic E-state index is 0.499. The van der Waals surface area contributed by atoms with E-state index in [4.69, 9.17) is 10.1 Å². The molecule has 0 aliphatic carbocycles. The fourth-order valence-electron chi connectivity index (χ4n) is 3.36. The van der Waals surface area contributed by atoms with E-state index in [1.54, 1.807) is 6.07 Å². The van der Waals surface area contributed by atoms with Gasteiger partial charge in [-0.25, -0.2) is 0 Å². The zero-order valence-electron chi connectivity index (χ0n) is 17.0. The zero-order valence-corrected chi connectivity index (χ0v) is 17.0. The Morgan fingerprint density at radius 3 is 2.40 bits per heavy atom. The Bertz CT molecular complexity index is 1160. The van der Waals surface area contributed by atoms with E-state index >= 15 is 0 Å². The number of nitrogens with one attached hydrogen (secondary N) is 2. The van der Waals surface area contributed by atoms with Crippen LogP contribution >= 0.6 is 0 Å². The van der Waals surface area contributed by atoms with Gasteiger partial charge in [-0.2, -0.15) is 0 Å². The molecule has 30 heavy (non-hydrogen) atoms. The van der Waals surface area contributed by atoms with Crippen molar-refractivity contribution in [3.63, 3.8) is 0 Å². The van der Waals surface area contributed by atoms with Crippen LogP contribution in [0.3, 0.4) is 0 Å². The molecule has 4 rings (SSSR count). The first-order chi connectivity index (χ1) is 14.7. The molecule has 0 spiro atoms. The third kappa shape index (κ3) is 4.78. The lowest BCUT2D eigenvalue weighted by molar-refractivity contribution is 0.306. The number of aromatic nitrogens is 1. The van der Waals surface area contributed by atoms with Crippen LogP contribution in [0.5, 0.6) is 5.75 Å². The number of hydrogen-bond donors (Lipinski definition) is 2. The molecular formula is C26H25N3O. The van der Waals surface area contributed by atoms with Crippen molar-refractivity contribution < 1.29 is 4.74 Å². The predicted octanol–water partition coefficient (Wildman–Crippen LogP) is 5.30. The summed E-state index contributed by atoms with van der Waals surface area (Å²) in [6, 6.07) is 28.8. The summed E-state index contributed by atoms with van der Waals surface area (Å²) >= 11 is 0. The summed E-state index contributed by atoms with van der Waals surface area (Å²) in [6.07, 6.45) is 3.90. The maximum absolute atomic E-state index is 7.88. The minimum Gasteiger partial charge on any atom is -0.489 e. The maximum atomic E-state index is 7.88. The quantitative estimate of drug-likeness (QED) is 0.446. The van der Waals surface area contributed by atoms with Gasteiger partial charge in [-0.15, -0.1) is 0 Å². The molecule has 0 unspecified atom stereocenters. The van der Waals surface area contributed by atoms with Crippen LogP contribution in [0, 0.1) is 5.41 Å². The number of benzene rings is 3. The largest absolute Gasteiger partial charge is 0.489 e.